The number of phosphoric acid groups is 2. The third kappa shape index (κ3) is 60.7. The highest BCUT2D eigenvalue weighted by molar-refractivity contribution is 7.47. The van der Waals surface area contributed by atoms with Crippen molar-refractivity contribution in [1.29, 1.82) is 0 Å². The molecule has 18 heteroatoms. The predicted molar refractivity (Wildman–Crippen MR) is 335 cm³/mol. The number of carbonyl (C=O) groups excluding carboxylic acids is 3. The van der Waals surface area contributed by atoms with E-state index in [4.69, 9.17) is 32.3 Å². The lowest BCUT2D eigenvalue weighted by Crippen LogP contribution is -2.30. The summed E-state index contributed by atoms with van der Waals surface area (Å²) in [7, 11) is -9.76. The maximum Gasteiger partial charge on any atom is 0.472 e. The molecule has 5 atom stereocenters. The summed E-state index contributed by atoms with van der Waals surface area (Å²) in [4.78, 5) is 58.1. The van der Waals surface area contributed by atoms with E-state index in [0.717, 1.165) is 109 Å². The van der Waals surface area contributed by atoms with Crippen LogP contribution in [-0.4, -0.2) is 95.9 Å². The molecule has 0 aliphatic rings. The second kappa shape index (κ2) is 59.6. The minimum Gasteiger partial charge on any atom is -0.463 e. The SMILES string of the molecule is CCCC/C=C\CCCCCCCC(=O)OC(COC(=O)CCCCCCCCCCCCCCCCC)COP(=O)(O)OCC(O)COP(=O)(O)OCC(O)COC(=O)CCCCCCC/C=C\C/C=C\C/C=C\C/C=C\CCCCC. The average molecular weight is 1220 g/mol. The van der Waals surface area contributed by atoms with E-state index in [0.29, 0.717) is 19.3 Å². The molecule has 0 aromatic rings. The van der Waals surface area contributed by atoms with Gasteiger partial charge in [-0.15, -0.1) is 0 Å². The predicted octanol–water partition coefficient (Wildman–Crippen LogP) is 17.4. The van der Waals surface area contributed by atoms with Crippen LogP contribution in [0.3, 0.4) is 0 Å². The molecule has 0 saturated carbocycles. The Kier molecular flexibility index (Phi) is 57.6. The summed E-state index contributed by atoms with van der Waals surface area (Å²) in [5.41, 5.74) is 0. The number of aliphatic hydroxyl groups excluding tert-OH is 2. The van der Waals surface area contributed by atoms with Crippen LogP contribution in [0.5, 0.6) is 0 Å². The van der Waals surface area contributed by atoms with E-state index in [1.807, 2.05) is 0 Å². The number of phosphoric ester groups is 2. The molecule has 5 unspecified atom stereocenters. The summed E-state index contributed by atoms with van der Waals surface area (Å²) in [6, 6.07) is 0. The molecule has 0 radical (unpaired) electrons. The third-order valence-electron chi connectivity index (χ3n) is 13.7. The first kappa shape index (κ1) is 80.2. The minimum absolute atomic E-state index is 0.0977. The zero-order valence-electron chi connectivity index (χ0n) is 52.1. The van der Waals surface area contributed by atoms with Gasteiger partial charge in [0, 0.05) is 19.3 Å². The van der Waals surface area contributed by atoms with E-state index >= 15 is 0 Å². The molecule has 0 aromatic carbocycles. The lowest BCUT2D eigenvalue weighted by Gasteiger charge is -2.21. The van der Waals surface area contributed by atoms with Crippen LogP contribution in [0, 0.1) is 0 Å². The van der Waals surface area contributed by atoms with Crippen molar-refractivity contribution in [3.05, 3.63) is 60.8 Å². The molecule has 16 nitrogen and oxygen atoms in total. The van der Waals surface area contributed by atoms with Crippen molar-refractivity contribution in [2.45, 2.75) is 296 Å². The normalized spacial score (nSPS) is 14.7. The number of carbonyl (C=O) groups is 3. The Hall–Kier alpha value is -2.75. The van der Waals surface area contributed by atoms with Gasteiger partial charge in [-0.1, -0.05) is 236 Å². The van der Waals surface area contributed by atoms with E-state index in [1.54, 1.807) is 0 Å². The maximum absolute atomic E-state index is 12.8. The van der Waals surface area contributed by atoms with E-state index < -0.39 is 91.5 Å². The Morgan fingerprint density at radius 2 is 0.614 bits per heavy atom. The zero-order valence-corrected chi connectivity index (χ0v) is 53.9. The van der Waals surface area contributed by atoms with Gasteiger partial charge in [0.25, 0.3) is 0 Å². The second-order valence-corrected chi connectivity index (χ2v) is 24.8. The Labute approximate surface area is 503 Å². The van der Waals surface area contributed by atoms with Gasteiger partial charge in [-0.25, -0.2) is 9.13 Å². The summed E-state index contributed by atoms with van der Waals surface area (Å²) in [5, 5.41) is 20.5. The van der Waals surface area contributed by atoms with Gasteiger partial charge in [0.05, 0.1) is 26.4 Å². The monoisotopic (exact) mass is 1220 g/mol. The van der Waals surface area contributed by atoms with Gasteiger partial charge in [0.15, 0.2) is 6.10 Å². The first-order chi connectivity index (χ1) is 40.2. The molecular formula is C65H118O16P2. The maximum atomic E-state index is 12.8. The molecule has 0 fully saturated rings. The smallest absolute Gasteiger partial charge is 0.463 e. The number of rotatable bonds is 62. The van der Waals surface area contributed by atoms with Gasteiger partial charge in [-0.3, -0.25) is 32.5 Å². The second-order valence-electron chi connectivity index (χ2n) is 21.9. The zero-order chi connectivity index (χ0) is 61.0. The minimum atomic E-state index is -4.91. The van der Waals surface area contributed by atoms with Crippen molar-refractivity contribution in [2.75, 3.05) is 39.6 Å². The number of hydrogen-bond acceptors (Lipinski definition) is 14. The van der Waals surface area contributed by atoms with Gasteiger partial charge in [-0.2, -0.15) is 0 Å². The average Bonchev–Trinajstić information content (AvgIpc) is 3.46. The molecule has 0 aromatic heterocycles. The van der Waals surface area contributed by atoms with Gasteiger partial charge in [0.1, 0.15) is 25.4 Å². The number of allylic oxidation sites excluding steroid dienone is 10. The van der Waals surface area contributed by atoms with Crippen LogP contribution < -0.4 is 0 Å². The number of ether oxygens (including phenoxy) is 3. The largest absolute Gasteiger partial charge is 0.472 e. The molecule has 83 heavy (non-hydrogen) atoms. The van der Waals surface area contributed by atoms with Crippen LogP contribution in [0.25, 0.3) is 0 Å². The fourth-order valence-corrected chi connectivity index (χ4v) is 10.2. The number of unbranched alkanes of at least 4 members (excludes halogenated alkanes) is 29. The topological polar surface area (TPSA) is 231 Å². The van der Waals surface area contributed by atoms with E-state index in [-0.39, 0.29) is 19.3 Å². The number of aliphatic hydroxyl groups is 2. The van der Waals surface area contributed by atoms with Crippen LogP contribution >= 0.6 is 15.6 Å². The van der Waals surface area contributed by atoms with Crippen LogP contribution in [0.15, 0.2) is 60.8 Å². The van der Waals surface area contributed by atoms with Crippen molar-refractivity contribution in [3.8, 4) is 0 Å². The van der Waals surface area contributed by atoms with E-state index in [9.17, 15) is 43.5 Å². The molecule has 0 spiro atoms. The fraction of sp³-hybridized carbons (Fsp3) is 0.800. The molecule has 0 heterocycles. The highest BCUT2D eigenvalue weighted by atomic mass is 31.2. The van der Waals surface area contributed by atoms with Crippen LogP contribution in [0.4, 0.5) is 0 Å². The molecule has 0 aliphatic heterocycles. The van der Waals surface area contributed by atoms with Crippen LogP contribution in [-0.2, 0) is 55.8 Å². The first-order valence-electron chi connectivity index (χ1n) is 32.6. The highest BCUT2D eigenvalue weighted by Crippen LogP contribution is 2.45. The van der Waals surface area contributed by atoms with Crippen LogP contribution in [0.2, 0.25) is 0 Å². The van der Waals surface area contributed by atoms with Gasteiger partial charge in [0.2, 0.25) is 0 Å². The Morgan fingerprint density at radius 3 is 1.02 bits per heavy atom. The van der Waals surface area contributed by atoms with Crippen molar-refractivity contribution in [1.82, 2.24) is 0 Å². The summed E-state index contributed by atoms with van der Waals surface area (Å²) in [6.45, 7) is 2.58. The Morgan fingerprint density at radius 1 is 0.337 bits per heavy atom. The molecule has 0 rings (SSSR count). The summed E-state index contributed by atoms with van der Waals surface area (Å²) in [6.07, 6.45) is 58.6. The third-order valence-corrected chi connectivity index (χ3v) is 15.6. The highest BCUT2D eigenvalue weighted by Gasteiger charge is 2.29. The molecule has 0 amide bonds. The van der Waals surface area contributed by atoms with Gasteiger partial charge in [-0.05, 0) is 83.5 Å². The number of hydrogen-bond donors (Lipinski definition) is 4. The quantitative estimate of drug-likeness (QED) is 0.0146. The van der Waals surface area contributed by atoms with Crippen molar-refractivity contribution < 1.29 is 75.8 Å². The summed E-state index contributed by atoms with van der Waals surface area (Å²) >= 11 is 0. The molecular weight excluding hydrogens is 1100 g/mol. The summed E-state index contributed by atoms with van der Waals surface area (Å²) in [5.74, 6) is -1.59. The van der Waals surface area contributed by atoms with Crippen molar-refractivity contribution in [3.63, 3.8) is 0 Å². The van der Waals surface area contributed by atoms with E-state index in [2.05, 4.69) is 81.5 Å². The van der Waals surface area contributed by atoms with Crippen molar-refractivity contribution in [2.24, 2.45) is 0 Å². The summed E-state index contributed by atoms with van der Waals surface area (Å²) < 4.78 is 60.7. The Bertz CT molecular complexity index is 1770. The lowest BCUT2D eigenvalue weighted by atomic mass is 10.0. The lowest BCUT2D eigenvalue weighted by molar-refractivity contribution is -0.161. The van der Waals surface area contributed by atoms with E-state index in [1.165, 1.54) is 109 Å². The standard InChI is InChI=1S/C65H118O16P2/c1-4-7-10-13-16-19-22-24-26-27-28-29-30-31-33-35-37-39-42-45-48-51-63(68)75-54-60(66)55-77-82(71,72)78-56-61(67)57-79-83(73,74)80-59-62(81-65(70)53-50-47-44-41-36-21-18-15-12-9-6-3)58-76-64(69)52-49-46-43-40-38-34-32-25-23-20-17-14-11-8-5-2/h15-16,18-19,24,26,28-29,31,33,60-62,66-67H,4-14,17,20-23,25,27,30,32,34-59H2,1-3H3,(H,71,72)(H,73,74)/b18-15-,19-16-,26-24-,29-28-,33-31-. The van der Waals surface area contributed by atoms with Crippen LogP contribution in [0.1, 0.15) is 278 Å². The Balaban J connectivity index is 4.57. The van der Waals surface area contributed by atoms with Gasteiger partial charge < -0.3 is 34.2 Å². The van der Waals surface area contributed by atoms with Gasteiger partial charge >= 0.3 is 33.6 Å². The molecule has 0 bridgehead atoms. The fourth-order valence-electron chi connectivity index (χ4n) is 8.65. The number of esters is 3. The molecule has 484 valence electrons. The van der Waals surface area contributed by atoms with Crippen molar-refractivity contribution >= 4 is 33.6 Å². The molecule has 0 aliphatic carbocycles. The first-order valence-corrected chi connectivity index (χ1v) is 35.6. The molecule has 0 saturated heterocycles. The molecule has 4 N–H and O–H groups in total.